The fraction of sp³-hybridized carbons (Fsp3) is 0.231. The molecule has 0 spiro atoms. The van der Waals surface area contributed by atoms with Crippen molar-refractivity contribution in [2.24, 2.45) is 0 Å². The lowest BCUT2D eigenvalue weighted by Gasteiger charge is -2.11. The van der Waals surface area contributed by atoms with Gasteiger partial charge >= 0.3 is 0 Å². The molecule has 2 rings (SSSR count). The summed E-state index contributed by atoms with van der Waals surface area (Å²) < 4.78 is 13.5. The van der Waals surface area contributed by atoms with Crippen LogP contribution in [0.2, 0.25) is 0 Å². The quantitative estimate of drug-likeness (QED) is 0.737. The van der Waals surface area contributed by atoms with Crippen molar-refractivity contribution in [3.63, 3.8) is 0 Å². The molecule has 0 saturated heterocycles. The Labute approximate surface area is 110 Å². The van der Waals surface area contributed by atoms with E-state index in [2.05, 4.69) is 15.3 Å². The number of hydrogen-bond acceptors (Lipinski definition) is 5. The molecule has 0 aliphatic heterocycles. The van der Waals surface area contributed by atoms with Crippen molar-refractivity contribution >= 4 is 17.5 Å². The zero-order valence-electron chi connectivity index (χ0n) is 10.8. The molecule has 19 heavy (non-hydrogen) atoms. The van der Waals surface area contributed by atoms with Crippen LogP contribution >= 0.6 is 0 Å². The van der Waals surface area contributed by atoms with E-state index in [0.29, 0.717) is 17.1 Å². The van der Waals surface area contributed by atoms with Gasteiger partial charge in [-0.2, -0.15) is 4.98 Å². The first kappa shape index (κ1) is 13.1. The number of nitrogens with zero attached hydrogens (tertiary/aromatic N) is 2. The van der Waals surface area contributed by atoms with Gasteiger partial charge in [0.2, 0.25) is 5.95 Å². The van der Waals surface area contributed by atoms with E-state index in [9.17, 15) is 4.39 Å². The van der Waals surface area contributed by atoms with Gasteiger partial charge in [0.05, 0.1) is 11.4 Å². The molecule has 0 atom stereocenters. The minimum atomic E-state index is -0.479. The summed E-state index contributed by atoms with van der Waals surface area (Å²) in [6.45, 7) is 3.97. The number of halogens is 1. The number of nitrogens with one attached hydrogen (secondary N) is 1. The minimum absolute atomic E-state index is 0.103. The maximum Gasteiger partial charge on any atom is 0.222 e. The number of hydrogen-bond donors (Lipinski definition) is 3. The molecule has 0 amide bonds. The minimum Gasteiger partial charge on any atom is -0.396 e. The van der Waals surface area contributed by atoms with Crippen LogP contribution in [0.3, 0.4) is 0 Å². The molecule has 0 aliphatic rings. The number of rotatable bonds is 3. The van der Waals surface area contributed by atoms with Crippen molar-refractivity contribution in [2.75, 3.05) is 16.8 Å². The van der Waals surface area contributed by atoms with Crippen LogP contribution < -0.4 is 16.8 Å². The number of nitrogen functional groups attached to an aromatic ring is 2. The Bertz CT molecular complexity index is 598. The molecule has 1 aromatic carbocycles. The zero-order chi connectivity index (χ0) is 14.0. The average molecular weight is 261 g/mol. The van der Waals surface area contributed by atoms with E-state index in [1.807, 2.05) is 13.8 Å². The van der Waals surface area contributed by atoms with Crippen LogP contribution in [0.1, 0.15) is 13.8 Å². The number of aromatic nitrogens is 2. The molecular weight excluding hydrogens is 245 g/mol. The standard InChI is InChI=1S/C13H16FN5/c1-7(2)17-12-6-11(18-13(16)19-12)8-3-4-10(15)9(14)5-8/h3-7H,15H2,1-2H3,(H3,16,17,18,19). The smallest absolute Gasteiger partial charge is 0.222 e. The third-order valence-corrected chi connectivity index (χ3v) is 2.48. The Morgan fingerprint density at radius 2 is 1.89 bits per heavy atom. The maximum atomic E-state index is 13.5. The summed E-state index contributed by atoms with van der Waals surface area (Å²) in [5.41, 5.74) is 12.4. The third-order valence-electron chi connectivity index (χ3n) is 2.48. The van der Waals surface area contributed by atoms with E-state index >= 15 is 0 Å². The molecule has 0 fully saturated rings. The fourth-order valence-electron chi connectivity index (χ4n) is 1.67. The van der Waals surface area contributed by atoms with Gasteiger partial charge in [0, 0.05) is 17.7 Å². The van der Waals surface area contributed by atoms with E-state index in [4.69, 9.17) is 11.5 Å². The van der Waals surface area contributed by atoms with E-state index in [1.165, 1.54) is 12.1 Å². The van der Waals surface area contributed by atoms with Gasteiger partial charge in [-0.25, -0.2) is 9.37 Å². The van der Waals surface area contributed by atoms with E-state index in [1.54, 1.807) is 12.1 Å². The summed E-state index contributed by atoms with van der Waals surface area (Å²) in [5.74, 6) is 0.265. The van der Waals surface area contributed by atoms with Gasteiger partial charge in [-0.3, -0.25) is 0 Å². The molecule has 100 valence electrons. The van der Waals surface area contributed by atoms with Crippen molar-refractivity contribution in [3.8, 4) is 11.3 Å². The lowest BCUT2D eigenvalue weighted by molar-refractivity contribution is 0.633. The molecule has 2 aromatic rings. The third kappa shape index (κ3) is 3.09. The predicted molar refractivity (Wildman–Crippen MR) is 75.0 cm³/mol. The average Bonchev–Trinajstić information content (AvgIpc) is 2.31. The first-order valence-corrected chi connectivity index (χ1v) is 5.92. The number of anilines is 3. The second kappa shape index (κ2) is 5.09. The summed E-state index contributed by atoms with van der Waals surface area (Å²) in [6.07, 6.45) is 0. The van der Waals surface area contributed by atoms with Crippen molar-refractivity contribution < 1.29 is 4.39 Å². The van der Waals surface area contributed by atoms with Gasteiger partial charge in [0.1, 0.15) is 11.6 Å². The maximum absolute atomic E-state index is 13.5. The van der Waals surface area contributed by atoms with Crippen molar-refractivity contribution in [1.82, 2.24) is 9.97 Å². The van der Waals surface area contributed by atoms with Gasteiger partial charge in [-0.15, -0.1) is 0 Å². The van der Waals surface area contributed by atoms with Crippen LogP contribution in [0.4, 0.5) is 21.8 Å². The summed E-state index contributed by atoms with van der Waals surface area (Å²) >= 11 is 0. The zero-order valence-corrected chi connectivity index (χ0v) is 10.8. The predicted octanol–water partition coefficient (Wildman–Crippen LogP) is 2.27. The molecular formula is C13H16FN5. The van der Waals surface area contributed by atoms with Gasteiger partial charge < -0.3 is 16.8 Å². The van der Waals surface area contributed by atoms with Crippen LogP contribution in [0.5, 0.6) is 0 Å². The first-order valence-electron chi connectivity index (χ1n) is 5.92. The molecule has 0 aliphatic carbocycles. The Hall–Kier alpha value is -2.37. The molecule has 5 N–H and O–H groups in total. The summed E-state index contributed by atoms with van der Waals surface area (Å²) in [6, 6.07) is 6.46. The van der Waals surface area contributed by atoms with Crippen LogP contribution in [0.15, 0.2) is 24.3 Å². The van der Waals surface area contributed by atoms with E-state index < -0.39 is 5.82 Å². The van der Waals surface area contributed by atoms with Crippen LogP contribution in [-0.2, 0) is 0 Å². The molecule has 6 heteroatoms. The van der Waals surface area contributed by atoms with Crippen molar-refractivity contribution in [3.05, 3.63) is 30.1 Å². The topological polar surface area (TPSA) is 89.8 Å². The monoisotopic (exact) mass is 261 g/mol. The van der Waals surface area contributed by atoms with Crippen LogP contribution in [-0.4, -0.2) is 16.0 Å². The highest BCUT2D eigenvalue weighted by molar-refractivity contribution is 5.66. The van der Waals surface area contributed by atoms with E-state index in [-0.39, 0.29) is 17.7 Å². The summed E-state index contributed by atoms with van der Waals surface area (Å²) in [4.78, 5) is 8.18. The molecule has 0 saturated carbocycles. The van der Waals surface area contributed by atoms with Crippen LogP contribution in [0.25, 0.3) is 11.3 Å². The summed E-state index contributed by atoms with van der Waals surface area (Å²) in [5, 5.41) is 3.13. The van der Waals surface area contributed by atoms with Crippen molar-refractivity contribution in [1.29, 1.82) is 0 Å². The second-order valence-electron chi connectivity index (χ2n) is 4.53. The lowest BCUT2D eigenvalue weighted by Crippen LogP contribution is -2.12. The second-order valence-corrected chi connectivity index (χ2v) is 4.53. The molecule has 5 nitrogen and oxygen atoms in total. The van der Waals surface area contributed by atoms with Gasteiger partial charge in [0.15, 0.2) is 0 Å². The SMILES string of the molecule is CC(C)Nc1cc(-c2ccc(N)c(F)c2)nc(N)n1. The van der Waals surface area contributed by atoms with Gasteiger partial charge in [-0.1, -0.05) is 6.07 Å². The highest BCUT2D eigenvalue weighted by atomic mass is 19.1. The molecule has 0 bridgehead atoms. The molecule has 1 heterocycles. The van der Waals surface area contributed by atoms with Gasteiger partial charge in [0.25, 0.3) is 0 Å². The van der Waals surface area contributed by atoms with E-state index in [0.717, 1.165) is 0 Å². The highest BCUT2D eigenvalue weighted by Crippen LogP contribution is 2.23. The normalized spacial score (nSPS) is 10.7. The molecule has 0 unspecified atom stereocenters. The lowest BCUT2D eigenvalue weighted by atomic mass is 10.1. The Balaban J connectivity index is 2.43. The first-order chi connectivity index (χ1) is 8.95. The molecule has 0 radical (unpaired) electrons. The molecule has 1 aromatic heterocycles. The van der Waals surface area contributed by atoms with Crippen LogP contribution in [0, 0.1) is 5.82 Å². The number of nitrogens with two attached hydrogens (primary N) is 2. The Kier molecular flexibility index (Phi) is 3.50. The Morgan fingerprint density at radius 1 is 1.16 bits per heavy atom. The number of benzene rings is 1. The van der Waals surface area contributed by atoms with Gasteiger partial charge in [-0.05, 0) is 26.0 Å². The fourth-order valence-corrected chi connectivity index (χ4v) is 1.67. The Morgan fingerprint density at radius 3 is 2.53 bits per heavy atom. The van der Waals surface area contributed by atoms with Crippen molar-refractivity contribution in [2.45, 2.75) is 19.9 Å². The summed E-state index contributed by atoms with van der Waals surface area (Å²) in [7, 11) is 0. The highest BCUT2D eigenvalue weighted by Gasteiger charge is 2.08. The largest absolute Gasteiger partial charge is 0.396 e.